The number of aromatic amines is 1. The van der Waals surface area contributed by atoms with Crippen molar-refractivity contribution in [2.75, 3.05) is 0 Å². The maximum absolute atomic E-state index is 9.10. The maximum atomic E-state index is 9.10. The van der Waals surface area contributed by atoms with Crippen molar-refractivity contribution in [3.63, 3.8) is 0 Å². The first-order valence-electron chi connectivity index (χ1n) is 6.27. The first kappa shape index (κ1) is 16.3. The molecule has 0 saturated heterocycles. The molecule has 0 aliphatic rings. The molecule has 1 aromatic carbocycles. The van der Waals surface area contributed by atoms with Crippen molar-refractivity contribution in [3.8, 4) is 6.07 Å². The van der Waals surface area contributed by atoms with Crippen LogP contribution in [0.5, 0.6) is 0 Å². The Hall–Kier alpha value is -1.77. The summed E-state index contributed by atoms with van der Waals surface area (Å²) in [4.78, 5) is 3.00. The zero-order valence-corrected chi connectivity index (χ0v) is 12.2. The Morgan fingerprint density at radius 3 is 2.15 bits per heavy atom. The van der Waals surface area contributed by atoms with Crippen LogP contribution in [0.1, 0.15) is 33.3 Å². The molecule has 5 heteroatoms. The summed E-state index contributed by atoms with van der Waals surface area (Å²) in [5.41, 5.74) is 0.124. The van der Waals surface area contributed by atoms with Crippen LogP contribution in [0.25, 0.3) is 10.9 Å². The van der Waals surface area contributed by atoms with Gasteiger partial charge >= 0.3 is 0 Å². The van der Waals surface area contributed by atoms with Crippen molar-refractivity contribution < 1.29 is 10.2 Å². The molecule has 2 rings (SSSR count). The predicted octanol–water partition coefficient (Wildman–Crippen LogP) is 1.36. The number of nitriles is 1. The molecule has 0 aliphatic heterocycles. The minimum atomic E-state index is -1.01. The second kappa shape index (κ2) is 5.70. The van der Waals surface area contributed by atoms with Crippen LogP contribution in [-0.4, -0.2) is 34.2 Å². The van der Waals surface area contributed by atoms with Gasteiger partial charge in [0.05, 0.1) is 22.8 Å². The normalized spacial score (nSPS) is 11.7. The lowest BCUT2D eigenvalue weighted by molar-refractivity contribution is -0.107. The fourth-order valence-electron chi connectivity index (χ4n) is 1.26. The highest BCUT2D eigenvalue weighted by molar-refractivity contribution is 6.38. The highest BCUT2D eigenvalue weighted by Gasteiger charge is 2.31. The first-order chi connectivity index (χ1) is 9.06. The molecule has 20 heavy (non-hydrogen) atoms. The molecular weight excluding hydrogens is 251 g/mol. The molecule has 0 saturated carbocycles. The number of H-pyrrole nitrogens is 1. The lowest BCUT2D eigenvalue weighted by atomic mass is 9.90. The standard InChI is InChI=1S/C9H5BN2.C6H14O2/c10-8-3-6(5-11)4-9-7(8)1-2-12-9;1-5(2,7)6(3,4)8/h1-4,12H;7-8H,1-4H3. The van der Waals surface area contributed by atoms with E-state index in [1.807, 2.05) is 18.3 Å². The zero-order valence-electron chi connectivity index (χ0n) is 12.2. The Balaban J connectivity index is 0.000000221. The van der Waals surface area contributed by atoms with E-state index >= 15 is 0 Å². The Morgan fingerprint density at radius 1 is 1.15 bits per heavy atom. The molecule has 2 aromatic rings. The van der Waals surface area contributed by atoms with Crippen LogP contribution in [0, 0.1) is 11.3 Å². The quantitative estimate of drug-likeness (QED) is 0.684. The molecule has 0 atom stereocenters. The monoisotopic (exact) mass is 270 g/mol. The minimum absolute atomic E-state index is 0.586. The minimum Gasteiger partial charge on any atom is -0.387 e. The highest BCUT2D eigenvalue weighted by Crippen LogP contribution is 2.19. The number of aliphatic hydroxyl groups is 2. The molecule has 0 bridgehead atoms. The van der Waals surface area contributed by atoms with Gasteiger partial charge in [-0.15, -0.1) is 0 Å². The summed E-state index contributed by atoms with van der Waals surface area (Å²) in [6, 6.07) is 7.40. The van der Waals surface area contributed by atoms with Crippen LogP contribution in [0.2, 0.25) is 0 Å². The molecule has 1 aromatic heterocycles. The summed E-state index contributed by atoms with van der Waals surface area (Å²) in [7, 11) is 5.71. The molecule has 4 nitrogen and oxygen atoms in total. The van der Waals surface area contributed by atoms with Gasteiger partial charge in [-0.05, 0) is 45.2 Å². The lowest BCUT2D eigenvalue weighted by Crippen LogP contribution is -2.44. The largest absolute Gasteiger partial charge is 0.387 e. The van der Waals surface area contributed by atoms with Crippen molar-refractivity contribution in [1.82, 2.24) is 4.98 Å². The third-order valence-corrected chi connectivity index (χ3v) is 3.33. The van der Waals surface area contributed by atoms with Gasteiger partial charge in [-0.3, -0.25) is 0 Å². The van der Waals surface area contributed by atoms with Gasteiger partial charge in [-0.25, -0.2) is 0 Å². The molecule has 3 N–H and O–H groups in total. The summed E-state index contributed by atoms with van der Waals surface area (Å²) < 4.78 is 0. The molecule has 0 aliphatic carbocycles. The van der Waals surface area contributed by atoms with Crippen LogP contribution < -0.4 is 5.46 Å². The van der Waals surface area contributed by atoms with Crippen LogP contribution in [0.3, 0.4) is 0 Å². The molecule has 2 radical (unpaired) electrons. The average Bonchev–Trinajstić information content (AvgIpc) is 2.75. The highest BCUT2D eigenvalue weighted by atomic mass is 16.3. The number of hydrogen-bond donors (Lipinski definition) is 3. The van der Waals surface area contributed by atoms with E-state index < -0.39 is 11.2 Å². The third-order valence-electron chi connectivity index (χ3n) is 3.33. The second-order valence-corrected chi connectivity index (χ2v) is 5.73. The van der Waals surface area contributed by atoms with Gasteiger partial charge in [0.15, 0.2) is 0 Å². The van der Waals surface area contributed by atoms with E-state index in [4.69, 9.17) is 23.3 Å². The van der Waals surface area contributed by atoms with Crippen LogP contribution in [0.15, 0.2) is 24.4 Å². The topological polar surface area (TPSA) is 80.0 Å². The van der Waals surface area contributed by atoms with E-state index in [0.717, 1.165) is 10.9 Å². The van der Waals surface area contributed by atoms with E-state index in [9.17, 15) is 0 Å². The predicted molar refractivity (Wildman–Crippen MR) is 81.0 cm³/mol. The average molecular weight is 270 g/mol. The number of fused-ring (bicyclic) bond motifs is 1. The van der Waals surface area contributed by atoms with Gasteiger partial charge in [-0.2, -0.15) is 5.26 Å². The smallest absolute Gasteiger partial charge is 0.114 e. The maximum Gasteiger partial charge on any atom is 0.114 e. The Morgan fingerprint density at radius 2 is 1.70 bits per heavy atom. The molecule has 0 fully saturated rings. The fraction of sp³-hybridized carbons (Fsp3) is 0.400. The van der Waals surface area contributed by atoms with Gasteiger partial charge in [0, 0.05) is 11.7 Å². The van der Waals surface area contributed by atoms with Gasteiger partial charge in [0.1, 0.15) is 7.85 Å². The van der Waals surface area contributed by atoms with E-state index in [1.165, 1.54) is 0 Å². The summed E-state index contributed by atoms with van der Waals surface area (Å²) >= 11 is 0. The number of rotatable bonds is 1. The second-order valence-electron chi connectivity index (χ2n) is 5.73. The third kappa shape index (κ3) is 3.86. The summed E-state index contributed by atoms with van der Waals surface area (Å²) in [6.07, 6.45) is 1.81. The molecule has 0 amide bonds. The van der Waals surface area contributed by atoms with Crippen molar-refractivity contribution in [2.24, 2.45) is 0 Å². The first-order valence-corrected chi connectivity index (χ1v) is 6.27. The molecule has 104 valence electrons. The van der Waals surface area contributed by atoms with Crippen molar-refractivity contribution >= 4 is 24.2 Å². The number of nitrogens with zero attached hydrogens (tertiary/aromatic N) is 1. The fourth-order valence-corrected chi connectivity index (χ4v) is 1.26. The molecule has 0 unspecified atom stereocenters. The summed E-state index contributed by atoms with van der Waals surface area (Å²) in [6.45, 7) is 6.31. The number of hydrogen-bond acceptors (Lipinski definition) is 3. The Bertz CT molecular complexity index is 616. The van der Waals surface area contributed by atoms with Crippen LogP contribution in [0.4, 0.5) is 0 Å². The van der Waals surface area contributed by atoms with Crippen molar-refractivity contribution in [1.29, 1.82) is 5.26 Å². The van der Waals surface area contributed by atoms with Gasteiger partial charge < -0.3 is 15.2 Å². The van der Waals surface area contributed by atoms with E-state index in [-0.39, 0.29) is 0 Å². The van der Waals surface area contributed by atoms with Crippen LogP contribution in [-0.2, 0) is 0 Å². The lowest BCUT2D eigenvalue weighted by Gasteiger charge is -2.31. The number of benzene rings is 1. The summed E-state index contributed by atoms with van der Waals surface area (Å²) in [5.74, 6) is 0. The molecule has 0 spiro atoms. The molecular formula is C15H19BN2O2. The molecule has 1 heterocycles. The van der Waals surface area contributed by atoms with E-state index in [0.29, 0.717) is 11.0 Å². The zero-order chi connectivity index (χ0) is 15.6. The number of nitrogens with one attached hydrogen (secondary N) is 1. The van der Waals surface area contributed by atoms with E-state index in [1.54, 1.807) is 39.8 Å². The van der Waals surface area contributed by atoms with E-state index in [2.05, 4.69) is 4.98 Å². The SMILES string of the molecule is CC(C)(O)C(C)(C)O.[B]c1cc(C#N)cc2[nH]ccc12. The Kier molecular flexibility index (Phi) is 4.64. The van der Waals surface area contributed by atoms with Gasteiger partial charge in [-0.1, -0.05) is 11.5 Å². The van der Waals surface area contributed by atoms with Crippen molar-refractivity contribution in [3.05, 3.63) is 30.0 Å². The van der Waals surface area contributed by atoms with Gasteiger partial charge in [0.25, 0.3) is 0 Å². The van der Waals surface area contributed by atoms with Crippen molar-refractivity contribution in [2.45, 2.75) is 38.9 Å². The number of aromatic nitrogens is 1. The Labute approximate surface area is 120 Å². The van der Waals surface area contributed by atoms with Crippen LogP contribution >= 0.6 is 0 Å². The summed E-state index contributed by atoms with van der Waals surface area (Å²) in [5, 5.41) is 27.8. The van der Waals surface area contributed by atoms with Gasteiger partial charge in [0.2, 0.25) is 0 Å².